The summed E-state index contributed by atoms with van der Waals surface area (Å²) in [4.78, 5) is 24.8. The van der Waals surface area contributed by atoms with Crippen molar-refractivity contribution in [1.29, 1.82) is 0 Å². The largest absolute Gasteiger partial charge is 0.484 e. The molecule has 0 aliphatic carbocycles. The van der Waals surface area contributed by atoms with Gasteiger partial charge in [-0.15, -0.1) is 0 Å². The summed E-state index contributed by atoms with van der Waals surface area (Å²) in [5.74, 6) is 0.0996. The van der Waals surface area contributed by atoms with Crippen LogP contribution >= 0.6 is 11.6 Å². The van der Waals surface area contributed by atoms with Crippen LogP contribution in [0, 0.1) is 0 Å². The van der Waals surface area contributed by atoms with E-state index < -0.39 is 0 Å². The molecule has 1 aromatic heterocycles. The van der Waals surface area contributed by atoms with Crippen molar-refractivity contribution in [1.82, 2.24) is 0 Å². The molecule has 0 unspecified atom stereocenters. The lowest BCUT2D eigenvalue weighted by Crippen LogP contribution is -2.20. The summed E-state index contributed by atoms with van der Waals surface area (Å²) in [5, 5.41) is 3.68. The van der Waals surface area contributed by atoms with Crippen molar-refractivity contribution in [2.45, 2.75) is 0 Å². The van der Waals surface area contributed by atoms with Gasteiger partial charge in [-0.2, -0.15) is 0 Å². The van der Waals surface area contributed by atoms with Gasteiger partial charge in [0.05, 0.1) is 10.9 Å². The summed E-state index contributed by atoms with van der Waals surface area (Å²) in [6, 6.07) is 21.0. The predicted octanol–water partition coefficient (Wildman–Crippen LogP) is 5.13. The second kappa shape index (κ2) is 8.20. The Labute approximate surface area is 171 Å². The molecule has 1 amide bonds. The Morgan fingerprint density at radius 3 is 2.62 bits per heavy atom. The van der Waals surface area contributed by atoms with E-state index in [1.807, 2.05) is 30.3 Å². The summed E-state index contributed by atoms with van der Waals surface area (Å²) >= 11 is 5.90. The second-order valence-electron chi connectivity index (χ2n) is 6.35. The normalized spacial score (nSPS) is 10.7. The molecule has 144 valence electrons. The maximum absolute atomic E-state index is 12.8. The highest BCUT2D eigenvalue weighted by Crippen LogP contribution is 2.23. The van der Waals surface area contributed by atoms with Crippen LogP contribution in [0.4, 0.5) is 5.69 Å². The molecule has 1 heterocycles. The van der Waals surface area contributed by atoms with Crippen molar-refractivity contribution in [2.24, 2.45) is 0 Å². The Hall–Kier alpha value is -3.57. The van der Waals surface area contributed by atoms with Crippen molar-refractivity contribution in [3.05, 3.63) is 94.3 Å². The number of rotatable bonds is 5. The van der Waals surface area contributed by atoms with Gasteiger partial charge in [0.1, 0.15) is 17.6 Å². The minimum absolute atomic E-state index is 0.123. The van der Waals surface area contributed by atoms with Gasteiger partial charge in [0.2, 0.25) is 0 Å². The van der Waals surface area contributed by atoms with E-state index in [0.29, 0.717) is 33.0 Å². The highest BCUT2D eigenvalue weighted by Gasteiger charge is 2.11. The maximum Gasteiger partial charge on any atom is 0.262 e. The number of anilines is 1. The number of halogens is 1. The third-order valence-electron chi connectivity index (χ3n) is 4.31. The van der Waals surface area contributed by atoms with Crippen LogP contribution < -0.4 is 15.5 Å². The Balaban J connectivity index is 1.49. The van der Waals surface area contributed by atoms with E-state index in [1.54, 1.807) is 42.5 Å². The zero-order valence-electron chi connectivity index (χ0n) is 15.2. The van der Waals surface area contributed by atoms with Gasteiger partial charge < -0.3 is 14.5 Å². The van der Waals surface area contributed by atoms with Crippen LogP contribution in [0.5, 0.6) is 5.75 Å². The van der Waals surface area contributed by atoms with E-state index in [0.717, 1.165) is 5.56 Å². The van der Waals surface area contributed by atoms with Gasteiger partial charge >= 0.3 is 0 Å². The molecule has 0 atom stereocenters. The number of fused-ring (bicyclic) bond motifs is 1. The summed E-state index contributed by atoms with van der Waals surface area (Å²) in [6.45, 7) is -0.190. The highest BCUT2D eigenvalue weighted by molar-refractivity contribution is 6.30. The molecule has 4 aromatic rings. The SMILES string of the molecule is O=C(COc1ccc2c(=O)c(-c3ccccc3)coc2c1)Nc1cccc(Cl)c1. The first-order chi connectivity index (χ1) is 14.1. The van der Waals surface area contributed by atoms with Crippen LogP contribution in [0.3, 0.4) is 0 Å². The number of ether oxygens (including phenoxy) is 1. The fourth-order valence-corrected chi connectivity index (χ4v) is 3.12. The average Bonchev–Trinajstić information content (AvgIpc) is 2.73. The minimum Gasteiger partial charge on any atom is -0.484 e. The van der Waals surface area contributed by atoms with E-state index in [4.69, 9.17) is 20.8 Å². The van der Waals surface area contributed by atoms with Crippen LogP contribution in [0.25, 0.3) is 22.1 Å². The number of carbonyl (C=O) groups excluding carboxylic acids is 1. The zero-order chi connectivity index (χ0) is 20.2. The molecule has 29 heavy (non-hydrogen) atoms. The molecule has 0 spiro atoms. The van der Waals surface area contributed by atoms with E-state index in [9.17, 15) is 9.59 Å². The van der Waals surface area contributed by atoms with Gasteiger partial charge in [0, 0.05) is 16.8 Å². The van der Waals surface area contributed by atoms with Crippen LogP contribution in [0.15, 0.2) is 88.3 Å². The Morgan fingerprint density at radius 1 is 1.00 bits per heavy atom. The van der Waals surface area contributed by atoms with Crippen LogP contribution in [-0.4, -0.2) is 12.5 Å². The van der Waals surface area contributed by atoms with Gasteiger partial charge in [0.15, 0.2) is 12.0 Å². The van der Waals surface area contributed by atoms with E-state index in [1.165, 1.54) is 6.26 Å². The van der Waals surface area contributed by atoms with Crippen molar-refractivity contribution >= 4 is 34.2 Å². The van der Waals surface area contributed by atoms with Crippen molar-refractivity contribution < 1.29 is 13.9 Å². The Bertz CT molecular complexity index is 1230. The fourth-order valence-electron chi connectivity index (χ4n) is 2.93. The molecule has 0 aliphatic heterocycles. The Kier molecular flexibility index (Phi) is 5.31. The quantitative estimate of drug-likeness (QED) is 0.499. The molecule has 0 saturated heterocycles. The number of carbonyl (C=O) groups is 1. The molecular formula is C23H16ClNO4. The third kappa shape index (κ3) is 4.31. The van der Waals surface area contributed by atoms with Gasteiger partial charge in [-0.1, -0.05) is 48.0 Å². The smallest absolute Gasteiger partial charge is 0.262 e. The van der Waals surface area contributed by atoms with Gasteiger partial charge in [0.25, 0.3) is 5.91 Å². The van der Waals surface area contributed by atoms with Crippen molar-refractivity contribution in [3.8, 4) is 16.9 Å². The first-order valence-electron chi connectivity index (χ1n) is 8.89. The number of benzene rings is 3. The van der Waals surface area contributed by atoms with Gasteiger partial charge in [-0.3, -0.25) is 9.59 Å². The molecule has 3 aromatic carbocycles. The first kappa shape index (κ1) is 18.8. The highest BCUT2D eigenvalue weighted by atomic mass is 35.5. The first-order valence-corrected chi connectivity index (χ1v) is 9.27. The van der Waals surface area contributed by atoms with E-state index in [2.05, 4.69) is 5.32 Å². The molecule has 4 rings (SSSR count). The summed E-state index contributed by atoms with van der Waals surface area (Å²) < 4.78 is 11.2. The number of amides is 1. The lowest BCUT2D eigenvalue weighted by Gasteiger charge is -2.09. The molecule has 0 aliphatic rings. The molecule has 6 heteroatoms. The summed E-state index contributed by atoms with van der Waals surface area (Å²) in [7, 11) is 0. The lowest BCUT2D eigenvalue weighted by atomic mass is 10.1. The molecular weight excluding hydrogens is 390 g/mol. The third-order valence-corrected chi connectivity index (χ3v) is 4.54. The van der Waals surface area contributed by atoms with Crippen molar-refractivity contribution in [3.63, 3.8) is 0 Å². The van der Waals surface area contributed by atoms with E-state index >= 15 is 0 Å². The topological polar surface area (TPSA) is 68.5 Å². The number of hydrogen-bond acceptors (Lipinski definition) is 4. The minimum atomic E-state index is -0.326. The monoisotopic (exact) mass is 405 g/mol. The molecule has 1 N–H and O–H groups in total. The van der Waals surface area contributed by atoms with Crippen LogP contribution in [0.2, 0.25) is 5.02 Å². The van der Waals surface area contributed by atoms with Crippen LogP contribution in [0.1, 0.15) is 0 Å². The molecule has 0 saturated carbocycles. The van der Waals surface area contributed by atoms with Gasteiger partial charge in [-0.25, -0.2) is 0 Å². The van der Waals surface area contributed by atoms with E-state index in [-0.39, 0.29) is 17.9 Å². The molecule has 0 bridgehead atoms. The maximum atomic E-state index is 12.8. The molecule has 5 nitrogen and oxygen atoms in total. The average molecular weight is 406 g/mol. The fraction of sp³-hybridized carbons (Fsp3) is 0.0435. The second-order valence-corrected chi connectivity index (χ2v) is 6.79. The Morgan fingerprint density at radius 2 is 1.83 bits per heavy atom. The number of nitrogens with one attached hydrogen (secondary N) is 1. The summed E-state index contributed by atoms with van der Waals surface area (Å²) in [5.41, 5.74) is 2.14. The number of hydrogen-bond donors (Lipinski definition) is 1. The zero-order valence-corrected chi connectivity index (χ0v) is 16.0. The summed E-state index contributed by atoms with van der Waals surface area (Å²) in [6.07, 6.45) is 1.44. The molecule has 0 radical (unpaired) electrons. The standard InChI is InChI=1S/C23H16ClNO4/c24-16-7-4-8-17(11-16)25-22(26)14-28-18-9-10-19-21(12-18)29-13-20(23(19)27)15-5-2-1-3-6-15/h1-13H,14H2,(H,25,26). The van der Waals surface area contributed by atoms with Gasteiger partial charge in [-0.05, 0) is 35.9 Å². The van der Waals surface area contributed by atoms with Crippen molar-refractivity contribution in [2.75, 3.05) is 11.9 Å². The predicted molar refractivity (Wildman–Crippen MR) is 113 cm³/mol. The molecule has 0 fully saturated rings. The van der Waals surface area contributed by atoms with Crippen LogP contribution in [-0.2, 0) is 4.79 Å². The lowest BCUT2D eigenvalue weighted by molar-refractivity contribution is -0.118.